The monoisotopic (exact) mass is 401 g/mol. The topological polar surface area (TPSA) is 64.6 Å². The fraction of sp³-hybridized carbons (Fsp3) is 0.364. The molecule has 0 aliphatic heterocycles. The van der Waals surface area contributed by atoms with Crippen LogP contribution in [-0.4, -0.2) is 43.1 Å². The molecule has 2 aromatic carbocycles. The highest BCUT2D eigenvalue weighted by Gasteiger charge is 2.22. The molecule has 2 rings (SSSR count). The predicted molar refractivity (Wildman–Crippen MR) is 113 cm³/mol. The molecule has 0 saturated carbocycles. The molecule has 0 saturated heterocycles. The van der Waals surface area contributed by atoms with Gasteiger partial charge in [0.2, 0.25) is 0 Å². The highest BCUT2D eigenvalue weighted by Crippen LogP contribution is 2.16. The largest absolute Gasteiger partial charge is 0.490 e. The van der Waals surface area contributed by atoms with Gasteiger partial charge >= 0.3 is 5.97 Å². The SMILES string of the molecule is CSCCC(NC(=O)c1ccccc1)C(=O)OCCOc1cc(C)cc(C)c1. The molecule has 5 nitrogen and oxygen atoms in total. The fourth-order valence-corrected chi connectivity index (χ4v) is 3.21. The van der Waals surface area contributed by atoms with Crippen LogP contribution in [0, 0.1) is 13.8 Å². The summed E-state index contributed by atoms with van der Waals surface area (Å²) in [4.78, 5) is 24.8. The van der Waals surface area contributed by atoms with E-state index in [1.165, 1.54) is 0 Å². The van der Waals surface area contributed by atoms with Crippen molar-refractivity contribution in [3.63, 3.8) is 0 Å². The second-order valence-corrected chi connectivity index (χ2v) is 7.50. The molecule has 1 unspecified atom stereocenters. The number of esters is 1. The van der Waals surface area contributed by atoms with Gasteiger partial charge in [0.1, 0.15) is 25.0 Å². The van der Waals surface area contributed by atoms with Crippen LogP contribution in [0.4, 0.5) is 0 Å². The average Bonchev–Trinajstić information content (AvgIpc) is 2.68. The van der Waals surface area contributed by atoms with Crippen molar-refractivity contribution in [1.82, 2.24) is 5.32 Å². The zero-order valence-corrected chi connectivity index (χ0v) is 17.4. The molecule has 2 aromatic rings. The maximum Gasteiger partial charge on any atom is 0.328 e. The van der Waals surface area contributed by atoms with Gasteiger partial charge in [-0.3, -0.25) is 4.79 Å². The van der Waals surface area contributed by atoms with Crippen LogP contribution in [-0.2, 0) is 9.53 Å². The van der Waals surface area contributed by atoms with E-state index < -0.39 is 12.0 Å². The third kappa shape index (κ3) is 7.27. The third-order valence-corrected chi connectivity index (χ3v) is 4.67. The van der Waals surface area contributed by atoms with Gasteiger partial charge in [-0.25, -0.2) is 4.79 Å². The lowest BCUT2D eigenvalue weighted by atomic mass is 10.1. The number of hydrogen-bond donors (Lipinski definition) is 1. The minimum atomic E-state index is -0.679. The van der Waals surface area contributed by atoms with Crippen molar-refractivity contribution in [2.45, 2.75) is 26.3 Å². The van der Waals surface area contributed by atoms with E-state index in [0.717, 1.165) is 22.6 Å². The summed E-state index contributed by atoms with van der Waals surface area (Å²) < 4.78 is 11.0. The molecule has 6 heteroatoms. The number of amides is 1. The second kappa shape index (κ2) is 11.4. The number of thioether (sulfide) groups is 1. The smallest absolute Gasteiger partial charge is 0.328 e. The summed E-state index contributed by atoms with van der Waals surface area (Å²) in [6, 6.07) is 14.1. The zero-order valence-electron chi connectivity index (χ0n) is 16.6. The molecule has 28 heavy (non-hydrogen) atoms. The van der Waals surface area contributed by atoms with E-state index in [4.69, 9.17) is 9.47 Å². The highest BCUT2D eigenvalue weighted by molar-refractivity contribution is 7.98. The van der Waals surface area contributed by atoms with E-state index in [9.17, 15) is 9.59 Å². The number of rotatable bonds is 10. The Morgan fingerprint density at radius 2 is 1.71 bits per heavy atom. The molecule has 0 spiro atoms. The van der Waals surface area contributed by atoms with Gasteiger partial charge in [-0.15, -0.1) is 0 Å². The number of carbonyl (C=O) groups is 2. The Balaban J connectivity index is 1.85. The summed E-state index contributed by atoms with van der Waals surface area (Å²) in [7, 11) is 0. The molecule has 0 aromatic heterocycles. The van der Waals surface area contributed by atoms with Crippen LogP contribution < -0.4 is 10.1 Å². The quantitative estimate of drug-likeness (QED) is 0.485. The van der Waals surface area contributed by atoms with Gasteiger partial charge in [0, 0.05) is 5.56 Å². The molecule has 0 bridgehead atoms. The van der Waals surface area contributed by atoms with Crippen LogP contribution in [0.3, 0.4) is 0 Å². The van der Waals surface area contributed by atoms with Gasteiger partial charge in [0.15, 0.2) is 0 Å². The lowest BCUT2D eigenvalue weighted by Gasteiger charge is -2.17. The van der Waals surface area contributed by atoms with Gasteiger partial charge in [-0.2, -0.15) is 11.8 Å². The van der Waals surface area contributed by atoms with Crippen molar-refractivity contribution < 1.29 is 19.1 Å². The Bertz CT molecular complexity index is 759. The maximum atomic E-state index is 12.4. The molecule has 0 fully saturated rings. The molecule has 150 valence electrons. The average molecular weight is 402 g/mol. The Kier molecular flexibility index (Phi) is 8.88. The summed E-state index contributed by atoms with van der Waals surface area (Å²) in [6.45, 7) is 4.40. The van der Waals surface area contributed by atoms with Crippen molar-refractivity contribution in [2.75, 3.05) is 25.2 Å². The number of nitrogens with one attached hydrogen (secondary N) is 1. The molecule has 0 radical (unpaired) electrons. The van der Waals surface area contributed by atoms with Crippen molar-refractivity contribution in [3.8, 4) is 5.75 Å². The first-order valence-electron chi connectivity index (χ1n) is 9.22. The first kappa shape index (κ1) is 21.8. The van der Waals surface area contributed by atoms with Crippen molar-refractivity contribution in [1.29, 1.82) is 0 Å². The molecular weight excluding hydrogens is 374 g/mol. The first-order chi connectivity index (χ1) is 13.5. The normalized spacial score (nSPS) is 11.5. The van der Waals surface area contributed by atoms with Crippen LogP contribution >= 0.6 is 11.8 Å². The van der Waals surface area contributed by atoms with E-state index >= 15 is 0 Å². The van der Waals surface area contributed by atoms with Gasteiger partial charge in [0.05, 0.1) is 0 Å². The Morgan fingerprint density at radius 1 is 1.04 bits per heavy atom. The second-order valence-electron chi connectivity index (χ2n) is 6.51. The fourth-order valence-electron chi connectivity index (χ4n) is 2.73. The highest BCUT2D eigenvalue weighted by atomic mass is 32.2. The number of aryl methyl sites for hydroxylation is 2. The molecule has 0 aliphatic carbocycles. The Labute approximate surface area is 170 Å². The number of benzene rings is 2. The summed E-state index contributed by atoms with van der Waals surface area (Å²) >= 11 is 1.61. The van der Waals surface area contributed by atoms with Crippen LogP contribution in [0.25, 0.3) is 0 Å². The zero-order chi connectivity index (χ0) is 20.4. The molecule has 0 aliphatic rings. The Hall–Kier alpha value is -2.47. The minimum Gasteiger partial charge on any atom is -0.490 e. The Morgan fingerprint density at radius 3 is 2.36 bits per heavy atom. The molecular formula is C22H27NO4S. The van der Waals surface area contributed by atoms with Crippen LogP contribution in [0.1, 0.15) is 27.9 Å². The lowest BCUT2D eigenvalue weighted by Crippen LogP contribution is -2.42. The van der Waals surface area contributed by atoms with Crippen molar-refractivity contribution in [3.05, 3.63) is 65.2 Å². The first-order valence-corrected chi connectivity index (χ1v) is 10.6. The van der Waals surface area contributed by atoms with E-state index in [0.29, 0.717) is 12.0 Å². The summed E-state index contributed by atoms with van der Waals surface area (Å²) in [5, 5.41) is 2.77. The van der Waals surface area contributed by atoms with E-state index in [2.05, 4.69) is 11.4 Å². The standard InChI is InChI=1S/C22H27NO4S/c1-16-13-17(2)15-19(14-16)26-10-11-27-22(25)20(9-12-28-3)23-21(24)18-7-5-4-6-8-18/h4-8,13-15,20H,9-12H2,1-3H3,(H,23,24). The number of ether oxygens (including phenoxy) is 2. The van der Waals surface area contributed by atoms with Crippen LogP contribution in [0.2, 0.25) is 0 Å². The maximum absolute atomic E-state index is 12.4. The summed E-state index contributed by atoms with van der Waals surface area (Å²) in [5.41, 5.74) is 2.75. The summed E-state index contributed by atoms with van der Waals surface area (Å²) in [6.07, 6.45) is 2.47. The van der Waals surface area contributed by atoms with E-state index in [1.807, 2.05) is 38.3 Å². The molecule has 1 atom stereocenters. The van der Waals surface area contributed by atoms with E-state index in [1.54, 1.807) is 36.0 Å². The van der Waals surface area contributed by atoms with E-state index in [-0.39, 0.29) is 19.1 Å². The van der Waals surface area contributed by atoms with Crippen LogP contribution in [0.5, 0.6) is 5.75 Å². The van der Waals surface area contributed by atoms with Gasteiger partial charge in [-0.1, -0.05) is 24.3 Å². The van der Waals surface area contributed by atoms with Crippen molar-refractivity contribution in [2.24, 2.45) is 0 Å². The summed E-state index contributed by atoms with van der Waals surface area (Å²) in [5.74, 6) is 0.774. The number of hydrogen-bond acceptors (Lipinski definition) is 5. The van der Waals surface area contributed by atoms with Gasteiger partial charge in [0.25, 0.3) is 5.91 Å². The third-order valence-electron chi connectivity index (χ3n) is 4.03. The van der Waals surface area contributed by atoms with Gasteiger partial charge < -0.3 is 14.8 Å². The van der Waals surface area contributed by atoms with Gasteiger partial charge in [-0.05, 0) is 67.7 Å². The minimum absolute atomic E-state index is 0.128. The number of carbonyl (C=O) groups excluding carboxylic acids is 2. The van der Waals surface area contributed by atoms with Crippen molar-refractivity contribution >= 4 is 23.6 Å². The predicted octanol–water partition coefficient (Wildman–Crippen LogP) is 3.78. The molecule has 1 amide bonds. The molecule has 1 N–H and O–H groups in total. The van der Waals surface area contributed by atoms with Crippen LogP contribution in [0.15, 0.2) is 48.5 Å². The molecule has 0 heterocycles. The lowest BCUT2D eigenvalue weighted by molar-refractivity contribution is -0.146.